The maximum absolute atomic E-state index is 3.83. The van der Waals surface area contributed by atoms with E-state index in [2.05, 4.69) is 5.32 Å². The molecule has 12 heavy (non-hydrogen) atoms. The predicted molar refractivity (Wildman–Crippen MR) is 50.0 cm³/mol. The molecule has 4 atom stereocenters. The van der Waals surface area contributed by atoms with E-state index in [9.17, 15) is 0 Å². The van der Waals surface area contributed by atoms with Crippen molar-refractivity contribution in [3.63, 3.8) is 0 Å². The van der Waals surface area contributed by atoms with Gasteiger partial charge in [0.1, 0.15) is 0 Å². The van der Waals surface area contributed by atoms with Crippen molar-refractivity contribution in [3.8, 4) is 0 Å². The van der Waals surface area contributed by atoms with E-state index >= 15 is 0 Å². The van der Waals surface area contributed by atoms with Gasteiger partial charge in [0.2, 0.25) is 0 Å². The number of piperidine rings is 1. The summed E-state index contributed by atoms with van der Waals surface area (Å²) in [4.78, 5) is 0. The molecular formula is C11H19N. The smallest absolute Gasteiger partial charge is 0.0101 e. The maximum atomic E-state index is 3.83. The Hall–Kier alpha value is -0.0400. The molecule has 0 spiro atoms. The molecule has 0 aromatic carbocycles. The van der Waals surface area contributed by atoms with Crippen LogP contribution in [0.3, 0.4) is 0 Å². The molecule has 2 heterocycles. The van der Waals surface area contributed by atoms with E-state index in [1.807, 2.05) is 0 Å². The van der Waals surface area contributed by atoms with Crippen LogP contribution in [0.1, 0.15) is 44.9 Å². The molecule has 2 aliphatic heterocycles. The topological polar surface area (TPSA) is 12.0 Å². The lowest BCUT2D eigenvalue weighted by Crippen LogP contribution is -2.35. The van der Waals surface area contributed by atoms with Crippen molar-refractivity contribution in [2.45, 2.75) is 57.0 Å². The Morgan fingerprint density at radius 2 is 1.25 bits per heavy atom. The summed E-state index contributed by atoms with van der Waals surface area (Å²) >= 11 is 0. The zero-order valence-electron chi connectivity index (χ0n) is 7.76. The molecule has 3 aliphatic rings. The van der Waals surface area contributed by atoms with E-state index in [1.165, 1.54) is 44.9 Å². The molecule has 0 radical (unpaired) electrons. The lowest BCUT2D eigenvalue weighted by atomic mass is 9.77. The van der Waals surface area contributed by atoms with Gasteiger partial charge in [-0.15, -0.1) is 0 Å². The summed E-state index contributed by atoms with van der Waals surface area (Å²) in [7, 11) is 0. The quantitative estimate of drug-likeness (QED) is 0.581. The van der Waals surface area contributed by atoms with Gasteiger partial charge < -0.3 is 5.32 Å². The molecule has 2 saturated heterocycles. The number of hydrogen-bond donors (Lipinski definition) is 1. The Morgan fingerprint density at radius 1 is 0.667 bits per heavy atom. The zero-order chi connectivity index (χ0) is 7.97. The first-order chi connectivity index (χ1) is 5.95. The molecule has 1 aliphatic carbocycles. The minimum absolute atomic E-state index is 0.925. The van der Waals surface area contributed by atoms with E-state index in [0.717, 1.165) is 23.9 Å². The molecule has 2 unspecified atom stereocenters. The number of rotatable bonds is 0. The van der Waals surface area contributed by atoms with Crippen LogP contribution in [0.15, 0.2) is 0 Å². The van der Waals surface area contributed by atoms with E-state index in [-0.39, 0.29) is 0 Å². The molecule has 68 valence electrons. The van der Waals surface area contributed by atoms with E-state index in [1.54, 1.807) is 0 Å². The molecule has 0 aromatic heterocycles. The van der Waals surface area contributed by atoms with Crippen molar-refractivity contribution in [2.75, 3.05) is 0 Å². The standard InChI is InChI=1S/C11H19N/c1-2-5-9-8(4-1)10-6-3-7-11(9)12-10/h8-12H,1-7H2/t8-,9?,10-,11?/m0/s1. The zero-order valence-corrected chi connectivity index (χ0v) is 7.76. The van der Waals surface area contributed by atoms with Crippen LogP contribution < -0.4 is 5.32 Å². The average Bonchev–Trinajstić information content (AvgIpc) is 2.41. The second-order valence-electron chi connectivity index (χ2n) is 4.92. The van der Waals surface area contributed by atoms with E-state index < -0.39 is 0 Å². The lowest BCUT2D eigenvalue weighted by Gasteiger charge is -2.27. The van der Waals surface area contributed by atoms with Crippen LogP contribution in [0.5, 0.6) is 0 Å². The van der Waals surface area contributed by atoms with Crippen LogP contribution in [0.25, 0.3) is 0 Å². The number of hydrogen-bond acceptors (Lipinski definition) is 1. The van der Waals surface area contributed by atoms with Crippen molar-refractivity contribution in [1.82, 2.24) is 5.32 Å². The molecule has 0 amide bonds. The third kappa shape index (κ3) is 0.953. The van der Waals surface area contributed by atoms with Gasteiger partial charge in [0.05, 0.1) is 0 Å². The Labute approximate surface area is 74.9 Å². The lowest BCUT2D eigenvalue weighted by molar-refractivity contribution is 0.254. The van der Waals surface area contributed by atoms with Gasteiger partial charge in [-0.2, -0.15) is 0 Å². The second kappa shape index (κ2) is 2.73. The highest BCUT2D eigenvalue weighted by Crippen LogP contribution is 2.44. The predicted octanol–water partition coefficient (Wildman–Crippen LogP) is 2.32. The Balaban J connectivity index is 1.83. The molecule has 2 bridgehead atoms. The summed E-state index contributed by atoms with van der Waals surface area (Å²) < 4.78 is 0. The van der Waals surface area contributed by atoms with Crippen molar-refractivity contribution in [1.29, 1.82) is 0 Å². The molecule has 3 rings (SSSR count). The highest BCUT2D eigenvalue weighted by molar-refractivity contribution is 5.01. The van der Waals surface area contributed by atoms with Crippen LogP contribution in [0.2, 0.25) is 0 Å². The third-order valence-corrected chi connectivity index (χ3v) is 4.37. The minimum atomic E-state index is 0.925. The Bertz CT molecular complexity index is 160. The van der Waals surface area contributed by atoms with Gasteiger partial charge in [-0.05, 0) is 37.5 Å². The average molecular weight is 165 g/mol. The summed E-state index contributed by atoms with van der Waals surface area (Å²) in [5.41, 5.74) is 0. The van der Waals surface area contributed by atoms with Crippen LogP contribution >= 0.6 is 0 Å². The molecule has 3 fully saturated rings. The van der Waals surface area contributed by atoms with Gasteiger partial charge in [0.15, 0.2) is 0 Å². The first-order valence-corrected chi connectivity index (χ1v) is 5.71. The summed E-state index contributed by atoms with van der Waals surface area (Å²) in [6, 6.07) is 1.85. The first kappa shape index (κ1) is 7.37. The Kier molecular flexibility index (Phi) is 1.68. The Morgan fingerprint density at radius 3 is 1.83 bits per heavy atom. The molecule has 0 aromatic rings. The molecule has 1 N–H and O–H groups in total. The van der Waals surface area contributed by atoms with Crippen molar-refractivity contribution >= 4 is 0 Å². The highest BCUT2D eigenvalue weighted by atomic mass is 15.0. The number of nitrogens with one attached hydrogen (secondary N) is 1. The van der Waals surface area contributed by atoms with E-state index in [0.29, 0.717) is 0 Å². The maximum Gasteiger partial charge on any atom is 0.0101 e. The largest absolute Gasteiger partial charge is 0.311 e. The monoisotopic (exact) mass is 165 g/mol. The van der Waals surface area contributed by atoms with Crippen molar-refractivity contribution < 1.29 is 0 Å². The molecule has 1 heteroatoms. The van der Waals surface area contributed by atoms with Gasteiger partial charge in [-0.1, -0.05) is 19.3 Å². The van der Waals surface area contributed by atoms with Gasteiger partial charge in [0, 0.05) is 12.1 Å². The van der Waals surface area contributed by atoms with Gasteiger partial charge in [-0.3, -0.25) is 0 Å². The highest BCUT2D eigenvalue weighted by Gasteiger charge is 2.44. The first-order valence-electron chi connectivity index (χ1n) is 5.71. The molecular weight excluding hydrogens is 146 g/mol. The van der Waals surface area contributed by atoms with Gasteiger partial charge >= 0.3 is 0 Å². The summed E-state index contributed by atoms with van der Waals surface area (Å²) in [5.74, 6) is 2.15. The summed E-state index contributed by atoms with van der Waals surface area (Å²) in [6.45, 7) is 0. The van der Waals surface area contributed by atoms with Crippen molar-refractivity contribution in [3.05, 3.63) is 0 Å². The SMILES string of the molecule is C1CC[C@H]2C(C1)C1CCC[C@@H]2N1. The van der Waals surface area contributed by atoms with Crippen LogP contribution in [0, 0.1) is 11.8 Å². The summed E-state index contributed by atoms with van der Waals surface area (Å²) in [6.07, 6.45) is 10.5. The number of fused-ring (bicyclic) bond motifs is 5. The minimum Gasteiger partial charge on any atom is -0.311 e. The fraction of sp³-hybridized carbons (Fsp3) is 1.00. The summed E-state index contributed by atoms with van der Waals surface area (Å²) in [5, 5.41) is 3.83. The second-order valence-corrected chi connectivity index (χ2v) is 4.92. The van der Waals surface area contributed by atoms with Crippen LogP contribution in [0.4, 0.5) is 0 Å². The van der Waals surface area contributed by atoms with Crippen molar-refractivity contribution in [2.24, 2.45) is 11.8 Å². The van der Waals surface area contributed by atoms with Crippen LogP contribution in [-0.2, 0) is 0 Å². The fourth-order valence-electron chi connectivity index (χ4n) is 3.86. The van der Waals surface area contributed by atoms with Crippen LogP contribution in [-0.4, -0.2) is 12.1 Å². The van der Waals surface area contributed by atoms with E-state index in [4.69, 9.17) is 0 Å². The third-order valence-electron chi connectivity index (χ3n) is 4.37. The normalized spacial score (nSPS) is 52.0. The van der Waals surface area contributed by atoms with Gasteiger partial charge in [0.25, 0.3) is 0 Å². The van der Waals surface area contributed by atoms with Gasteiger partial charge in [-0.25, -0.2) is 0 Å². The fourth-order valence-corrected chi connectivity index (χ4v) is 3.86. The molecule has 1 saturated carbocycles. The molecule has 1 nitrogen and oxygen atoms in total.